The highest BCUT2D eigenvalue weighted by molar-refractivity contribution is 7.85. The lowest BCUT2D eigenvalue weighted by molar-refractivity contribution is -0.144. The van der Waals surface area contributed by atoms with E-state index < -0.39 is 16.1 Å². The summed E-state index contributed by atoms with van der Waals surface area (Å²) in [4.78, 5) is 15.9. The van der Waals surface area contributed by atoms with Gasteiger partial charge in [-0.25, -0.2) is 4.79 Å². The number of carbonyl (C=O) groups is 1. The summed E-state index contributed by atoms with van der Waals surface area (Å²) in [5, 5.41) is 0. The van der Waals surface area contributed by atoms with E-state index in [1.54, 1.807) is 48.5 Å². The van der Waals surface area contributed by atoms with Gasteiger partial charge in [0.1, 0.15) is 5.75 Å². The van der Waals surface area contributed by atoms with Crippen molar-refractivity contribution >= 4 is 16.1 Å². The van der Waals surface area contributed by atoms with Crippen LogP contribution in [0.1, 0.15) is 15.9 Å². The second-order valence-corrected chi connectivity index (χ2v) is 5.53. The fraction of sp³-hybridized carbons (Fsp3) is 0.0714. The van der Waals surface area contributed by atoms with Crippen LogP contribution in [0.2, 0.25) is 0 Å². The lowest BCUT2D eigenvalue weighted by Gasteiger charge is -2.04. The molecule has 2 aromatic carbocycles. The molecule has 0 saturated heterocycles. The molecule has 0 aliphatic heterocycles. The SMILES string of the molecule is O=C(OOS(=O)(=O)Cc1ccccc1)c1ccccc1. The summed E-state index contributed by atoms with van der Waals surface area (Å²) in [7, 11) is -3.98. The Morgan fingerprint density at radius 1 is 0.900 bits per heavy atom. The lowest BCUT2D eigenvalue weighted by Crippen LogP contribution is -2.13. The van der Waals surface area contributed by atoms with Crippen molar-refractivity contribution in [2.45, 2.75) is 5.75 Å². The minimum absolute atomic E-state index is 0.211. The van der Waals surface area contributed by atoms with E-state index in [1.165, 1.54) is 12.1 Å². The molecule has 0 N–H and O–H groups in total. The smallest absolute Gasteiger partial charge is 0.276 e. The summed E-state index contributed by atoms with van der Waals surface area (Å²) in [6, 6.07) is 16.5. The number of benzene rings is 2. The molecule has 2 aromatic rings. The zero-order chi connectivity index (χ0) is 14.4. The Labute approximate surface area is 116 Å². The van der Waals surface area contributed by atoms with Gasteiger partial charge in [0.15, 0.2) is 0 Å². The third-order valence-corrected chi connectivity index (χ3v) is 3.37. The van der Waals surface area contributed by atoms with E-state index in [1.807, 2.05) is 0 Å². The Bertz CT molecular complexity index is 665. The second-order valence-electron chi connectivity index (χ2n) is 3.99. The van der Waals surface area contributed by atoms with Crippen molar-refractivity contribution < 1.29 is 22.4 Å². The normalized spacial score (nSPS) is 11.0. The topological polar surface area (TPSA) is 69.7 Å². The molecule has 0 fully saturated rings. The van der Waals surface area contributed by atoms with E-state index in [0.717, 1.165) is 0 Å². The number of hydrogen-bond donors (Lipinski definition) is 0. The maximum absolute atomic E-state index is 11.6. The number of carbonyl (C=O) groups excluding carboxylic acids is 1. The van der Waals surface area contributed by atoms with Crippen molar-refractivity contribution in [3.63, 3.8) is 0 Å². The van der Waals surface area contributed by atoms with Gasteiger partial charge in [0.2, 0.25) is 0 Å². The monoisotopic (exact) mass is 292 g/mol. The maximum Gasteiger partial charge on any atom is 0.374 e. The molecule has 0 amide bonds. The van der Waals surface area contributed by atoms with Crippen LogP contribution in [0.5, 0.6) is 0 Å². The predicted octanol–water partition coefficient (Wildman–Crippen LogP) is 2.31. The van der Waals surface area contributed by atoms with E-state index >= 15 is 0 Å². The number of hydrogen-bond acceptors (Lipinski definition) is 5. The van der Waals surface area contributed by atoms with Gasteiger partial charge in [-0.2, -0.15) is 8.42 Å². The van der Waals surface area contributed by atoms with Crippen molar-refractivity contribution in [1.29, 1.82) is 0 Å². The first kappa shape index (κ1) is 14.2. The molecule has 5 nitrogen and oxygen atoms in total. The molecule has 0 bridgehead atoms. The van der Waals surface area contributed by atoms with E-state index in [9.17, 15) is 13.2 Å². The minimum atomic E-state index is -3.98. The van der Waals surface area contributed by atoms with Gasteiger partial charge in [0.25, 0.3) is 0 Å². The summed E-state index contributed by atoms with van der Waals surface area (Å²) >= 11 is 0. The van der Waals surface area contributed by atoms with E-state index in [-0.39, 0.29) is 11.3 Å². The second kappa shape index (κ2) is 6.31. The molecule has 20 heavy (non-hydrogen) atoms. The summed E-state index contributed by atoms with van der Waals surface area (Å²) in [6.07, 6.45) is 0. The summed E-state index contributed by atoms with van der Waals surface area (Å²) in [6.45, 7) is 0. The first-order chi connectivity index (χ1) is 9.57. The standard InChI is InChI=1S/C14H12O5S/c15-14(13-9-5-2-6-10-13)18-19-20(16,17)11-12-7-3-1-4-8-12/h1-10H,11H2. The molecule has 6 heteroatoms. The average Bonchev–Trinajstić information content (AvgIpc) is 2.46. The zero-order valence-electron chi connectivity index (χ0n) is 10.4. The highest BCUT2D eigenvalue weighted by atomic mass is 32.2. The molecule has 104 valence electrons. The van der Waals surface area contributed by atoms with Crippen LogP contribution in [-0.4, -0.2) is 14.4 Å². The highest BCUT2D eigenvalue weighted by Crippen LogP contribution is 2.09. The molecular formula is C14H12O5S. The largest absolute Gasteiger partial charge is 0.374 e. The van der Waals surface area contributed by atoms with Crippen LogP contribution in [0.15, 0.2) is 60.7 Å². The highest BCUT2D eigenvalue weighted by Gasteiger charge is 2.17. The van der Waals surface area contributed by atoms with Crippen molar-refractivity contribution in [3.8, 4) is 0 Å². The maximum atomic E-state index is 11.6. The van der Waals surface area contributed by atoms with Gasteiger partial charge in [-0.05, 0) is 17.7 Å². The Balaban J connectivity index is 1.95. The van der Waals surface area contributed by atoms with Gasteiger partial charge in [0.05, 0.1) is 5.56 Å². The molecule has 2 rings (SSSR count). The molecule has 0 unspecified atom stereocenters. The van der Waals surface area contributed by atoms with Gasteiger partial charge in [-0.15, -0.1) is 0 Å². The van der Waals surface area contributed by atoms with Crippen LogP contribution in [0.4, 0.5) is 0 Å². The van der Waals surface area contributed by atoms with Gasteiger partial charge in [-0.1, -0.05) is 52.9 Å². The lowest BCUT2D eigenvalue weighted by atomic mass is 10.2. The Kier molecular flexibility index (Phi) is 4.49. The van der Waals surface area contributed by atoms with Crippen LogP contribution in [-0.2, 0) is 25.1 Å². The average molecular weight is 292 g/mol. The molecule has 0 atom stereocenters. The molecule has 0 aliphatic rings. The van der Waals surface area contributed by atoms with Gasteiger partial charge in [0, 0.05) is 0 Å². The van der Waals surface area contributed by atoms with E-state index in [2.05, 4.69) is 9.22 Å². The minimum Gasteiger partial charge on any atom is -0.276 e. The van der Waals surface area contributed by atoms with E-state index in [0.29, 0.717) is 5.56 Å². The Morgan fingerprint density at radius 2 is 1.45 bits per heavy atom. The molecule has 0 saturated carbocycles. The van der Waals surface area contributed by atoms with Gasteiger partial charge < -0.3 is 0 Å². The quantitative estimate of drug-likeness (QED) is 0.624. The molecule has 0 heterocycles. The van der Waals surface area contributed by atoms with Crippen LogP contribution in [0.25, 0.3) is 0 Å². The Hall–Kier alpha value is -2.18. The summed E-state index contributed by atoms with van der Waals surface area (Å²) < 4.78 is 27.5. The molecule has 0 aliphatic carbocycles. The molecule has 0 spiro atoms. The van der Waals surface area contributed by atoms with Crippen LogP contribution in [0.3, 0.4) is 0 Å². The number of rotatable bonds is 5. The van der Waals surface area contributed by atoms with Crippen molar-refractivity contribution in [1.82, 2.24) is 0 Å². The molecule has 0 aromatic heterocycles. The summed E-state index contributed by atoms with van der Waals surface area (Å²) in [5.41, 5.74) is 0.755. The molecular weight excluding hydrogens is 280 g/mol. The third kappa shape index (κ3) is 4.18. The van der Waals surface area contributed by atoms with Crippen LogP contribution < -0.4 is 0 Å². The molecule has 0 radical (unpaired) electrons. The van der Waals surface area contributed by atoms with Crippen LogP contribution in [0, 0.1) is 0 Å². The third-order valence-electron chi connectivity index (χ3n) is 2.41. The summed E-state index contributed by atoms with van der Waals surface area (Å²) in [5.74, 6) is -1.22. The van der Waals surface area contributed by atoms with Gasteiger partial charge >= 0.3 is 16.1 Å². The first-order valence-electron chi connectivity index (χ1n) is 5.79. The fourth-order valence-corrected chi connectivity index (χ4v) is 2.32. The van der Waals surface area contributed by atoms with Crippen molar-refractivity contribution in [2.24, 2.45) is 0 Å². The van der Waals surface area contributed by atoms with Crippen LogP contribution >= 0.6 is 0 Å². The van der Waals surface area contributed by atoms with Crippen molar-refractivity contribution in [2.75, 3.05) is 0 Å². The predicted molar refractivity (Wildman–Crippen MR) is 72.0 cm³/mol. The van der Waals surface area contributed by atoms with E-state index in [4.69, 9.17) is 0 Å². The van der Waals surface area contributed by atoms with Gasteiger partial charge in [-0.3, -0.25) is 4.89 Å². The zero-order valence-corrected chi connectivity index (χ0v) is 11.2. The first-order valence-corrected chi connectivity index (χ1v) is 7.37. The fourth-order valence-electron chi connectivity index (χ4n) is 1.51. The van der Waals surface area contributed by atoms with Crippen molar-refractivity contribution in [3.05, 3.63) is 71.8 Å². The Morgan fingerprint density at radius 3 is 2.05 bits per heavy atom.